The molecule has 0 bridgehead atoms. The molecule has 8 atom stereocenters. The summed E-state index contributed by atoms with van der Waals surface area (Å²) < 4.78 is 65.6. The van der Waals surface area contributed by atoms with E-state index in [1.165, 1.54) is 102 Å². The maximum Gasteiger partial charge on any atom is 0.472 e. The van der Waals surface area contributed by atoms with Gasteiger partial charge in [0.15, 0.2) is 5.12 Å². The van der Waals surface area contributed by atoms with Crippen LogP contribution in [0.25, 0.3) is 0 Å². The molecule has 0 spiro atoms. The summed E-state index contributed by atoms with van der Waals surface area (Å²) in [6.07, 6.45) is 14.0. The summed E-state index contributed by atoms with van der Waals surface area (Å²) in [6.45, 7) is 3.37. The Hall–Kier alpha value is -0.830. The van der Waals surface area contributed by atoms with Crippen LogP contribution in [-0.2, 0) is 55.6 Å². The molecule has 70 heavy (non-hydrogen) atoms. The Morgan fingerprint density at radius 2 is 0.900 bits per heavy atom. The third-order valence-corrected chi connectivity index (χ3v) is 15.0. The molecule has 414 valence electrons. The fraction of sp³-hybridized carbons (Fsp3) is 0.935. The Kier molecular flexibility index (Phi) is 38.0. The molecule has 1 fully saturated rings. The molecule has 0 radical (unpaired) electrons. The number of rotatable bonds is 45. The molecule has 0 saturated heterocycles. The number of hydrogen-bond donors (Lipinski definition) is 8. The Bertz CT molecular complexity index is 1530. The predicted molar refractivity (Wildman–Crippen MR) is 265 cm³/mol. The van der Waals surface area contributed by atoms with Crippen LogP contribution >= 0.6 is 35.2 Å². The molecular formula is C46H89O20P3S. The highest BCUT2D eigenvalue weighted by atomic mass is 32.2. The fourth-order valence-electron chi connectivity index (χ4n) is 8.10. The second-order valence-corrected chi connectivity index (χ2v) is 23.3. The lowest BCUT2D eigenvalue weighted by Gasteiger charge is -2.44. The molecule has 24 heteroatoms. The Balaban J connectivity index is 2.63. The number of aliphatic hydroxyl groups is 3. The molecule has 0 aromatic rings. The van der Waals surface area contributed by atoms with Crippen molar-refractivity contribution < 1.29 is 95.4 Å². The van der Waals surface area contributed by atoms with Crippen molar-refractivity contribution in [1.82, 2.24) is 0 Å². The van der Waals surface area contributed by atoms with Gasteiger partial charge >= 0.3 is 35.4 Å². The van der Waals surface area contributed by atoms with E-state index in [4.69, 9.17) is 18.5 Å². The quantitative estimate of drug-likeness (QED) is 0.0160. The van der Waals surface area contributed by atoms with E-state index >= 15 is 0 Å². The Labute approximate surface area is 420 Å². The van der Waals surface area contributed by atoms with Crippen molar-refractivity contribution in [1.29, 1.82) is 0 Å². The van der Waals surface area contributed by atoms with E-state index in [0.29, 0.717) is 24.4 Å². The smallest absolute Gasteiger partial charge is 0.466 e. The van der Waals surface area contributed by atoms with Crippen molar-refractivity contribution in [3.63, 3.8) is 0 Å². The molecule has 1 aliphatic rings. The van der Waals surface area contributed by atoms with E-state index in [9.17, 15) is 67.9 Å². The van der Waals surface area contributed by atoms with E-state index in [-0.39, 0.29) is 13.0 Å². The minimum Gasteiger partial charge on any atom is -0.466 e. The maximum absolute atomic E-state index is 13.1. The minimum absolute atomic E-state index is 0.0158. The molecule has 8 N–H and O–H groups in total. The van der Waals surface area contributed by atoms with Crippen LogP contribution in [0.5, 0.6) is 0 Å². The molecule has 0 amide bonds. The zero-order valence-corrected chi connectivity index (χ0v) is 45.3. The SMILES string of the molecule is CCCCCCCCCCCCCCCC(=O)O[C@@H](COP(=O)(O)OC1C(O)[C@H](O)C(OP(=O)(O)O)[C@H](OP(=O)(O)O)[C@@H]1O)CC(=O)OCCCCCCCCCCCCCCCCSC(=O)CCC. The number of carbonyl (C=O) groups is 3. The molecule has 0 aromatic carbocycles. The van der Waals surface area contributed by atoms with Crippen LogP contribution in [0.4, 0.5) is 0 Å². The highest BCUT2D eigenvalue weighted by molar-refractivity contribution is 8.13. The van der Waals surface area contributed by atoms with E-state index in [0.717, 1.165) is 82.8 Å². The third-order valence-electron chi connectivity index (χ3n) is 11.9. The Morgan fingerprint density at radius 3 is 1.36 bits per heavy atom. The van der Waals surface area contributed by atoms with Crippen molar-refractivity contribution in [3.8, 4) is 0 Å². The Morgan fingerprint density at radius 1 is 0.486 bits per heavy atom. The summed E-state index contributed by atoms with van der Waals surface area (Å²) in [5.74, 6) is -0.577. The van der Waals surface area contributed by atoms with Gasteiger partial charge in [0.05, 0.1) is 19.6 Å². The molecule has 1 rings (SSSR count). The van der Waals surface area contributed by atoms with Gasteiger partial charge in [0, 0.05) is 18.6 Å². The highest BCUT2D eigenvalue weighted by Crippen LogP contribution is 2.51. The van der Waals surface area contributed by atoms with Gasteiger partial charge in [-0.05, 0) is 25.7 Å². The van der Waals surface area contributed by atoms with Gasteiger partial charge in [-0.2, -0.15) is 0 Å². The van der Waals surface area contributed by atoms with E-state index in [1.807, 2.05) is 6.92 Å². The molecular weight excluding hydrogens is 997 g/mol. The van der Waals surface area contributed by atoms with Gasteiger partial charge in [0.2, 0.25) is 0 Å². The predicted octanol–water partition coefficient (Wildman–Crippen LogP) is 9.39. The van der Waals surface area contributed by atoms with E-state index in [2.05, 4.69) is 16.0 Å². The summed E-state index contributed by atoms with van der Waals surface area (Å²) >= 11 is 1.47. The van der Waals surface area contributed by atoms with Crippen LogP contribution in [0, 0.1) is 0 Å². The van der Waals surface area contributed by atoms with Crippen LogP contribution in [0.15, 0.2) is 0 Å². The first-order valence-electron chi connectivity index (χ1n) is 25.9. The number of carbonyl (C=O) groups excluding carboxylic acids is 3. The lowest BCUT2D eigenvalue weighted by Crippen LogP contribution is -2.65. The monoisotopic (exact) mass is 1090 g/mol. The first kappa shape index (κ1) is 67.2. The van der Waals surface area contributed by atoms with Crippen molar-refractivity contribution in [2.45, 2.75) is 256 Å². The fourth-order valence-corrected chi connectivity index (χ4v) is 11.1. The highest BCUT2D eigenvalue weighted by Gasteiger charge is 2.56. The van der Waals surface area contributed by atoms with Crippen LogP contribution in [0.3, 0.4) is 0 Å². The number of unbranched alkanes of at least 4 members (excludes halogenated alkanes) is 25. The van der Waals surface area contributed by atoms with Gasteiger partial charge in [0.25, 0.3) is 0 Å². The minimum atomic E-state index is -5.61. The largest absolute Gasteiger partial charge is 0.472 e. The van der Waals surface area contributed by atoms with Gasteiger partial charge in [-0.3, -0.25) is 32.5 Å². The molecule has 1 saturated carbocycles. The zero-order valence-electron chi connectivity index (χ0n) is 41.8. The van der Waals surface area contributed by atoms with Gasteiger partial charge in [-0.1, -0.05) is 180 Å². The average Bonchev–Trinajstić information content (AvgIpc) is 3.28. The van der Waals surface area contributed by atoms with Gasteiger partial charge < -0.3 is 49.3 Å². The van der Waals surface area contributed by atoms with Gasteiger partial charge in [-0.25, -0.2) is 13.7 Å². The lowest BCUT2D eigenvalue weighted by molar-refractivity contribution is -0.213. The average molecular weight is 1090 g/mol. The van der Waals surface area contributed by atoms with Crippen molar-refractivity contribution in [2.75, 3.05) is 19.0 Å². The molecule has 0 heterocycles. The molecule has 0 aromatic heterocycles. The normalized spacial score (nSPS) is 21.1. The van der Waals surface area contributed by atoms with Gasteiger partial charge in [-0.15, -0.1) is 0 Å². The van der Waals surface area contributed by atoms with Crippen LogP contribution in [-0.4, -0.2) is 119 Å². The van der Waals surface area contributed by atoms with Crippen LogP contribution in [0.2, 0.25) is 0 Å². The number of phosphoric acid groups is 3. The molecule has 1 aliphatic carbocycles. The van der Waals surface area contributed by atoms with Crippen molar-refractivity contribution >= 4 is 52.3 Å². The summed E-state index contributed by atoms with van der Waals surface area (Å²) in [7, 11) is -16.6. The number of ether oxygens (including phenoxy) is 2. The maximum atomic E-state index is 13.1. The summed E-state index contributed by atoms with van der Waals surface area (Å²) in [4.78, 5) is 85.1. The second kappa shape index (κ2) is 39.6. The standard InChI is InChI=1S/C46H89O20P3S/c1-3-5-6-7-8-9-10-13-16-19-22-25-28-32-38(47)63-37(35-39(48)61-33-29-26-23-20-17-14-11-12-15-18-21-24-27-30-34-70-40(49)31-4-2)36-62-69(59,60)66-44-41(50)42(51)45(64-67(53,54)55)46(43(44)52)65-68(56,57)58/h37,41-46,50-52H,3-36H2,1-2H3,(H,59,60)(H2,53,54,55)(H2,56,57,58)/t37-,41?,42+,43-,44?,45?,46-/m1/s1. The second-order valence-electron chi connectivity index (χ2n) is 18.4. The third kappa shape index (κ3) is 35.4. The molecule has 4 unspecified atom stereocenters. The van der Waals surface area contributed by atoms with E-state index < -0.39 is 91.2 Å². The van der Waals surface area contributed by atoms with Crippen LogP contribution < -0.4 is 0 Å². The number of aliphatic hydroxyl groups excluding tert-OH is 3. The zero-order chi connectivity index (χ0) is 52.3. The van der Waals surface area contributed by atoms with E-state index in [1.54, 1.807) is 0 Å². The first-order chi connectivity index (χ1) is 33.2. The number of phosphoric ester groups is 3. The number of esters is 2. The van der Waals surface area contributed by atoms with Crippen molar-refractivity contribution in [3.05, 3.63) is 0 Å². The topological polar surface area (TPSA) is 320 Å². The lowest BCUT2D eigenvalue weighted by atomic mass is 9.85. The number of thioether (sulfide) groups is 1. The van der Waals surface area contributed by atoms with Crippen molar-refractivity contribution in [2.24, 2.45) is 0 Å². The number of hydrogen-bond acceptors (Lipinski definition) is 16. The summed E-state index contributed by atoms with van der Waals surface area (Å²) in [5.41, 5.74) is 0. The van der Waals surface area contributed by atoms with Crippen LogP contribution in [0.1, 0.15) is 213 Å². The summed E-state index contributed by atoms with van der Waals surface area (Å²) in [5, 5.41) is 32.2. The summed E-state index contributed by atoms with van der Waals surface area (Å²) in [6, 6.07) is 0. The first-order valence-corrected chi connectivity index (χ1v) is 31.4. The molecule has 20 nitrogen and oxygen atoms in total. The van der Waals surface area contributed by atoms with Gasteiger partial charge in [0.1, 0.15) is 42.7 Å². The molecule has 0 aliphatic heterocycles.